The van der Waals surface area contributed by atoms with Gasteiger partial charge in [0, 0.05) is 18.7 Å². The van der Waals surface area contributed by atoms with Gasteiger partial charge in [-0.05, 0) is 61.6 Å². The van der Waals surface area contributed by atoms with E-state index in [1.54, 1.807) is 19.1 Å². The largest absolute Gasteiger partial charge is 0.449 e. The number of carbonyl (C=O) groups is 2. The normalized spacial score (nSPS) is 17.4. The van der Waals surface area contributed by atoms with Crippen LogP contribution in [0.25, 0.3) is 6.08 Å². The van der Waals surface area contributed by atoms with E-state index in [1.165, 1.54) is 35.0 Å². The van der Waals surface area contributed by atoms with Crippen LogP contribution >= 0.6 is 0 Å². The first-order chi connectivity index (χ1) is 16.3. The number of carbonyl (C=O) groups excluding carboxylic acids is 2. The highest BCUT2D eigenvalue weighted by molar-refractivity contribution is 7.92. The predicted octanol–water partition coefficient (Wildman–Crippen LogP) is 3.83. The van der Waals surface area contributed by atoms with Crippen LogP contribution in [0.4, 0.5) is 5.69 Å². The van der Waals surface area contributed by atoms with E-state index in [9.17, 15) is 18.0 Å². The molecule has 4 rings (SSSR count). The third-order valence-electron chi connectivity index (χ3n) is 6.34. The molecule has 1 N–H and O–H groups in total. The molecule has 1 heterocycles. The van der Waals surface area contributed by atoms with E-state index < -0.39 is 22.1 Å². The van der Waals surface area contributed by atoms with Gasteiger partial charge >= 0.3 is 5.97 Å². The molecule has 7 nitrogen and oxygen atoms in total. The van der Waals surface area contributed by atoms with E-state index >= 15 is 0 Å². The molecule has 1 unspecified atom stereocenters. The first-order valence-corrected chi connectivity index (χ1v) is 13.2. The molecule has 180 valence electrons. The Bertz CT molecular complexity index is 1170. The fourth-order valence-corrected chi connectivity index (χ4v) is 5.94. The Morgan fingerprint density at radius 2 is 1.76 bits per heavy atom. The number of anilines is 1. The number of sulfonamides is 1. The number of esters is 1. The second kappa shape index (κ2) is 10.4. The lowest BCUT2D eigenvalue weighted by Crippen LogP contribution is -2.42. The van der Waals surface area contributed by atoms with E-state index in [1.807, 2.05) is 24.3 Å². The number of ether oxygens (including phenoxy) is 1. The number of hydrogen-bond donors (Lipinski definition) is 1. The summed E-state index contributed by atoms with van der Waals surface area (Å²) >= 11 is 0. The highest BCUT2D eigenvalue weighted by Crippen LogP contribution is 2.32. The zero-order valence-corrected chi connectivity index (χ0v) is 20.1. The molecule has 1 fully saturated rings. The van der Waals surface area contributed by atoms with Gasteiger partial charge in [0.15, 0.2) is 6.10 Å². The van der Waals surface area contributed by atoms with Crippen LogP contribution in [0.2, 0.25) is 0 Å². The first-order valence-electron chi connectivity index (χ1n) is 11.7. The minimum absolute atomic E-state index is 0.154. The summed E-state index contributed by atoms with van der Waals surface area (Å²) in [4.78, 5) is 24.6. The maximum absolute atomic E-state index is 13.1. The molecule has 0 spiro atoms. The quantitative estimate of drug-likeness (QED) is 0.478. The molecule has 1 aliphatic carbocycles. The molecule has 1 aliphatic heterocycles. The SMILES string of the molecule is CC(OC(=O)/C=C/c1ccc(S(=O)(=O)N2CCc3ccccc32)cc1)C(=O)NC1CCCCC1. The van der Waals surface area contributed by atoms with E-state index in [4.69, 9.17) is 4.74 Å². The summed E-state index contributed by atoms with van der Waals surface area (Å²) in [5.74, 6) is -0.914. The molecule has 0 saturated heterocycles. The Labute approximate surface area is 200 Å². The maximum Gasteiger partial charge on any atom is 0.331 e. The van der Waals surface area contributed by atoms with Crippen molar-refractivity contribution in [3.8, 4) is 0 Å². The highest BCUT2D eigenvalue weighted by Gasteiger charge is 2.30. The number of para-hydroxylation sites is 1. The van der Waals surface area contributed by atoms with E-state index in [0.29, 0.717) is 18.5 Å². The van der Waals surface area contributed by atoms with Crippen LogP contribution in [-0.4, -0.2) is 39.0 Å². The van der Waals surface area contributed by atoms with E-state index in [2.05, 4.69) is 5.32 Å². The number of nitrogens with zero attached hydrogens (tertiary/aromatic N) is 1. The molecule has 1 amide bonds. The summed E-state index contributed by atoms with van der Waals surface area (Å²) in [7, 11) is -3.66. The molecule has 1 atom stereocenters. The zero-order chi connectivity index (χ0) is 24.1. The van der Waals surface area contributed by atoms with Crippen molar-refractivity contribution in [1.82, 2.24) is 5.32 Å². The van der Waals surface area contributed by atoms with Gasteiger partial charge in [0.25, 0.3) is 15.9 Å². The Balaban J connectivity index is 1.33. The van der Waals surface area contributed by atoms with Gasteiger partial charge in [-0.25, -0.2) is 13.2 Å². The molecular weight excluding hydrogens is 452 g/mol. The molecule has 8 heteroatoms. The minimum Gasteiger partial charge on any atom is -0.449 e. The van der Waals surface area contributed by atoms with Crippen molar-refractivity contribution in [2.24, 2.45) is 0 Å². The topological polar surface area (TPSA) is 92.8 Å². The average Bonchev–Trinajstić information content (AvgIpc) is 3.29. The molecule has 2 aromatic rings. The highest BCUT2D eigenvalue weighted by atomic mass is 32.2. The van der Waals surface area contributed by atoms with Crippen molar-refractivity contribution in [3.63, 3.8) is 0 Å². The Morgan fingerprint density at radius 1 is 1.06 bits per heavy atom. The number of fused-ring (bicyclic) bond motifs is 1. The maximum atomic E-state index is 13.1. The number of hydrogen-bond acceptors (Lipinski definition) is 5. The lowest BCUT2D eigenvalue weighted by Gasteiger charge is -2.24. The Kier molecular flexibility index (Phi) is 7.36. The van der Waals surface area contributed by atoms with Gasteiger partial charge in [-0.2, -0.15) is 0 Å². The van der Waals surface area contributed by atoms with Crippen LogP contribution in [0.15, 0.2) is 59.5 Å². The lowest BCUT2D eigenvalue weighted by atomic mass is 9.95. The average molecular weight is 483 g/mol. The molecule has 1 saturated carbocycles. The van der Waals surface area contributed by atoms with Gasteiger partial charge in [-0.15, -0.1) is 0 Å². The predicted molar refractivity (Wildman–Crippen MR) is 131 cm³/mol. The van der Waals surface area contributed by atoms with Gasteiger partial charge in [0.2, 0.25) is 0 Å². The molecule has 0 aromatic heterocycles. The Hall–Kier alpha value is -3.13. The molecular formula is C26H30N2O5S. The first kappa shape index (κ1) is 24.0. The Morgan fingerprint density at radius 3 is 2.50 bits per heavy atom. The van der Waals surface area contributed by atoms with Crippen LogP contribution in [0.1, 0.15) is 50.2 Å². The minimum atomic E-state index is -3.66. The molecule has 0 radical (unpaired) electrons. The summed E-state index contributed by atoms with van der Waals surface area (Å²) in [6.45, 7) is 1.97. The third-order valence-corrected chi connectivity index (χ3v) is 8.17. The van der Waals surface area contributed by atoms with Crippen molar-refractivity contribution in [3.05, 3.63) is 65.7 Å². The number of rotatable bonds is 7. The summed E-state index contributed by atoms with van der Waals surface area (Å²) in [5.41, 5.74) is 2.39. The second-order valence-corrected chi connectivity index (χ2v) is 10.6. The summed E-state index contributed by atoms with van der Waals surface area (Å²) in [6, 6.07) is 14.0. The van der Waals surface area contributed by atoms with Gasteiger partial charge < -0.3 is 10.1 Å². The summed E-state index contributed by atoms with van der Waals surface area (Å²) < 4.78 is 32.8. The molecule has 34 heavy (non-hydrogen) atoms. The number of benzene rings is 2. The van der Waals surface area contributed by atoms with Gasteiger partial charge in [-0.3, -0.25) is 9.10 Å². The smallest absolute Gasteiger partial charge is 0.331 e. The summed E-state index contributed by atoms with van der Waals surface area (Å²) in [5, 5.41) is 2.95. The van der Waals surface area contributed by atoms with Gasteiger partial charge in [0.05, 0.1) is 10.6 Å². The van der Waals surface area contributed by atoms with E-state index in [-0.39, 0.29) is 16.8 Å². The monoisotopic (exact) mass is 482 g/mol. The standard InChI is InChI=1S/C26H30N2O5S/c1-19(26(30)27-22-8-3-2-4-9-22)33-25(29)16-13-20-11-14-23(15-12-20)34(31,32)28-18-17-21-7-5-6-10-24(21)28/h5-7,10-16,19,22H,2-4,8-9,17-18H2,1H3,(H,27,30)/b16-13+. The summed E-state index contributed by atoms with van der Waals surface area (Å²) in [6.07, 6.45) is 7.91. The van der Waals surface area contributed by atoms with Crippen LogP contribution in [0.5, 0.6) is 0 Å². The molecule has 2 aromatic carbocycles. The van der Waals surface area contributed by atoms with Gasteiger partial charge in [0.1, 0.15) is 0 Å². The number of amides is 1. The second-order valence-electron chi connectivity index (χ2n) is 8.78. The van der Waals surface area contributed by atoms with E-state index in [0.717, 1.165) is 36.9 Å². The van der Waals surface area contributed by atoms with Gasteiger partial charge in [-0.1, -0.05) is 49.6 Å². The number of nitrogens with one attached hydrogen (secondary N) is 1. The third kappa shape index (κ3) is 5.50. The zero-order valence-electron chi connectivity index (χ0n) is 19.3. The molecule has 0 bridgehead atoms. The lowest BCUT2D eigenvalue weighted by molar-refractivity contribution is -0.150. The fraction of sp³-hybridized carbons (Fsp3) is 0.385. The van der Waals surface area contributed by atoms with Crippen molar-refractivity contribution >= 4 is 33.7 Å². The van der Waals surface area contributed by atoms with Crippen LogP contribution in [0.3, 0.4) is 0 Å². The van der Waals surface area contributed by atoms with Crippen LogP contribution in [0, 0.1) is 0 Å². The van der Waals surface area contributed by atoms with Crippen molar-refractivity contribution in [2.45, 2.75) is 62.5 Å². The van der Waals surface area contributed by atoms with Crippen LogP contribution < -0.4 is 9.62 Å². The van der Waals surface area contributed by atoms with Crippen molar-refractivity contribution in [2.75, 3.05) is 10.8 Å². The van der Waals surface area contributed by atoms with Crippen LogP contribution in [-0.2, 0) is 30.8 Å². The fourth-order valence-electron chi connectivity index (χ4n) is 4.43. The molecule has 2 aliphatic rings. The van der Waals surface area contributed by atoms with Crippen molar-refractivity contribution in [1.29, 1.82) is 0 Å². The van der Waals surface area contributed by atoms with Crippen molar-refractivity contribution < 1.29 is 22.7 Å².